The zero-order valence-electron chi connectivity index (χ0n) is 14.6. The van der Waals surface area contributed by atoms with Crippen LogP contribution in [0.4, 0.5) is 5.69 Å². The molecule has 0 unspecified atom stereocenters. The summed E-state index contributed by atoms with van der Waals surface area (Å²) in [7, 11) is 0. The van der Waals surface area contributed by atoms with Gasteiger partial charge in [-0.25, -0.2) is 4.98 Å². The fourth-order valence-electron chi connectivity index (χ4n) is 3.53. The number of aryl methyl sites for hydroxylation is 1. The van der Waals surface area contributed by atoms with Crippen LogP contribution in [0, 0.1) is 6.92 Å². The smallest absolute Gasteiger partial charge is 0.260 e. The van der Waals surface area contributed by atoms with Crippen LogP contribution < -0.4 is 10.5 Å². The molecule has 6 heteroatoms. The number of aromatic nitrogens is 4. The molecule has 0 spiro atoms. The molecule has 0 amide bonds. The molecule has 0 atom stereocenters. The molecule has 130 valence electrons. The summed E-state index contributed by atoms with van der Waals surface area (Å²) in [5.41, 5.74) is 3.96. The van der Waals surface area contributed by atoms with E-state index in [9.17, 15) is 4.79 Å². The van der Waals surface area contributed by atoms with Gasteiger partial charge in [0.2, 0.25) is 0 Å². The molecule has 5 heterocycles. The summed E-state index contributed by atoms with van der Waals surface area (Å²) in [6.07, 6.45) is 10.6. The van der Waals surface area contributed by atoms with Crippen LogP contribution in [0.3, 0.4) is 0 Å². The van der Waals surface area contributed by atoms with E-state index in [0.29, 0.717) is 11.9 Å². The maximum absolute atomic E-state index is 13.0. The van der Waals surface area contributed by atoms with Crippen molar-refractivity contribution < 1.29 is 0 Å². The monoisotopic (exact) mass is 345 g/mol. The van der Waals surface area contributed by atoms with Crippen molar-refractivity contribution in [3.05, 3.63) is 70.8 Å². The Hall–Kier alpha value is -3.15. The standard InChI is InChI=1S/C20H19N5O/c1-14-3-4-19-22-15(13-25(19)11-14)12-24-8-5-16-17(20(24)26)9-21-10-18(16)23-6-2-7-23/h3-5,8-11,13H,2,6-7,12H2,1H3. The predicted octanol–water partition coefficient (Wildman–Crippen LogP) is 2.61. The van der Waals surface area contributed by atoms with Gasteiger partial charge >= 0.3 is 0 Å². The highest BCUT2D eigenvalue weighted by atomic mass is 16.1. The van der Waals surface area contributed by atoms with Gasteiger partial charge in [-0.2, -0.15) is 0 Å². The Morgan fingerprint density at radius 3 is 2.77 bits per heavy atom. The van der Waals surface area contributed by atoms with Crippen molar-refractivity contribution >= 4 is 22.1 Å². The lowest BCUT2D eigenvalue weighted by Gasteiger charge is -2.33. The first kappa shape index (κ1) is 15.1. The van der Waals surface area contributed by atoms with Gasteiger partial charge in [-0.15, -0.1) is 0 Å². The summed E-state index contributed by atoms with van der Waals surface area (Å²) in [5.74, 6) is 0. The molecule has 4 aromatic rings. The van der Waals surface area contributed by atoms with Crippen LogP contribution in [0.5, 0.6) is 0 Å². The number of rotatable bonds is 3. The lowest BCUT2D eigenvalue weighted by molar-refractivity contribution is 0.619. The van der Waals surface area contributed by atoms with E-state index in [1.54, 1.807) is 10.8 Å². The summed E-state index contributed by atoms with van der Waals surface area (Å²) in [4.78, 5) is 24.1. The molecule has 1 aliphatic rings. The van der Waals surface area contributed by atoms with Crippen molar-refractivity contribution in [1.82, 2.24) is 18.9 Å². The largest absolute Gasteiger partial charge is 0.370 e. The molecule has 1 saturated heterocycles. The molecule has 0 bridgehead atoms. The number of hydrogen-bond donors (Lipinski definition) is 0. The molecular weight excluding hydrogens is 326 g/mol. The second-order valence-electron chi connectivity index (χ2n) is 6.91. The van der Waals surface area contributed by atoms with Crippen LogP contribution in [0.2, 0.25) is 0 Å². The van der Waals surface area contributed by atoms with Crippen molar-refractivity contribution in [3.8, 4) is 0 Å². The van der Waals surface area contributed by atoms with Crippen molar-refractivity contribution in [2.24, 2.45) is 0 Å². The van der Waals surface area contributed by atoms with Crippen LogP contribution in [0.15, 0.2) is 54.0 Å². The van der Waals surface area contributed by atoms with Gasteiger partial charge in [0.05, 0.1) is 29.5 Å². The minimum Gasteiger partial charge on any atom is -0.370 e. The molecule has 4 aromatic heterocycles. The number of nitrogens with zero attached hydrogens (tertiary/aromatic N) is 5. The quantitative estimate of drug-likeness (QED) is 0.573. The van der Waals surface area contributed by atoms with E-state index in [1.165, 1.54) is 12.0 Å². The van der Waals surface area contributed by atoms with Crippen molar-refractivity contribution in [2.45, 2.75) is 19.9 Å². The summed E-state index contributed by atoms with van der Waals surface area (Å²) in [5, 5.41) is 1.64. The molecule has 0 radical (unpaired) electrons. The van der Waals surface area contributed by atoms with Gasteiger partial charge in [0.15, 0.2) is 0 Å². The zero-order chi connectivity index (χ0) is 17.7. The molecule has 0 N–H and O–H groups in total. The van der Waals surface area contributed by atoms with Crippen LogP contribution in [0.1, 0.15) is 17.7 Å². The van der Waals surface area contributed by atoms with Gasteiger partial charge in [0, 0.05) is 43.3 Å². The maximum atomic E-state index is 13.0. The normalized spacial score (nSPS) is 14.1. The summed E-state index contributed by atoms with van der Waals surface area (Å²) in [6, 6.07) is 6.05. The summed E-state index contributed by atoms with van der Waals surface area (Å²) < 4.78 is 3.71. The Balaban J connectivity index is 1.56. The molecule has 1 fully saturated rings. The minimum atomic E-state index is -0.0226. The highest BCUT2D eigenvalue weighted by Gasteiger charge is 2.18. The topological polar surface area (TPSA) is 55.4 Å². The van der Waals surface area contributed by atoms with Crippen LogP contribution in [-0.4, -0.2) is 32.0 Å². The molecule has 6 nitrogen and oxygen atoms in total. The van der Waals surface area contributed by atoms with E-state index in [1.807, 2.05) is 47.4 Å². The molecule has 26 heavy (non-hydrogen) atoms. The van der Waals surface area contributed by atoms with Gasteiger partial charge in [-0.3, -0.25) is 9.78 Å². The van der Waals surface area contributed by atoms with Gasteiger partial charge in [0.25, 0.3) is 5.56 Å². The molecule has 0 aliphatic carbocycles. The van der Waals surface area contributed by atoms with Crippen molar-refractivity contribution in [1.29, 1.82) is 0 Å². The minimum absolute atomic E-state index is 0.0226. The Bertz CT molecular complexity index is 1190. The Morgan fingerprint density at radius 2 is 1.96 bits per heavy atom. The summed E-state index contributed by atoms with van der Waals surface area (Å²) in [6.45, 7) is 4.56. The van der Waals surface area contributed by atoms with Gasteiger partial charge < -0.3 is 13.9 Å². The molecule has 0 saturated carbocycles. The molecule has 5 rings (SSSR count). The fraction of sp³-hybridized carbons (Fsp3) is 0.250. The molecular formula is C20H19N5O. The van der Waals surface area contributed by atoms with E-state index in [0.717, 1.165) is 35.5 Å². The molecule has 0 aromatic carbocycles. The van der Waals surface area contributed by atoms with Crippen molar-refractivity contribution in [2.75, 3.05) is 18.0 Å². The van der Waals surface area contributed by atoms with Crippen LogP contribution in [-0.2, 0) is 6.54 Å². The Kier molecular flexibility index (Phi) is 3.31. The van der Waals surface area contributed by atoms with E-state index in [-0.39, 0.29) is 5.56 Å². The second kappa shape index (κ2) is 5.69. The fourth-order valence-corrected chi connectivity index (χ4v) is 3.53. The average Bonchev–Trinajstić information content (AvgIpc) is 2.98. The first-order valence-corrected chi connectivity index (χ1v) is 8.85. The molecule has 1 aliphatic heterocycles. The Morgan fingerprint density at radius 1 is 1.08 bits per heavy atom. The first-order chi connectivity index (χ1) is 12.7. The lowest BCUT2D eigenvalue weighted by atomic mass is 10.1. The number of imidazole rings is 1. The van der Waals surface area contributed by atoms with E-state index >= 15 is 0 Å². The highest BCUT2D eigenvalue weighted by molar-refractivity contribution is 5.92. The van der Waals surface area contributed by atoms with Gasteiger partial charge in [-0.05, 0) is 31.0 Å². The third kappa shape index (κ3) is 2.37. The second-order valence-corrected chi connectivity index (χ2v) is 6.91. The van der Waals surface area contributed by atoms with Crippen molar-refractivity contribution in [3.63, 3.8) is 0 Å². The third-order valence-corrected chi connectivity index (χ3v) is 5.06. The lowest BCUT2D eigenvalue weighted by Crippen LogP contribution is -2.37. The SMILES string of the molecule is Cc1ccc2nc(Cn3ccc4c(N5CCC5)cncc4c3=O)cn2c1. The number of hydrogen-bond acceptors (Lipinski definition) is 4. The van der Waals surface area contributed by atoms with E-state index < -0.39 is 0 Å². The van der Waals surface area contributed by atoms with Crippen LogP contribution in [0.25, 0.3) is 16.4 Å². The average molecular weight is 345 g/mol. The van der Waals surface area contributed by atoms with E-state index in [4.69, 9.17) is 0 Å². The van der Waals surface area contributed by atoms with Crippen LogP contribution >= 0.6 is 0 Å². The summed E-state index contributed by atoms with van der Waals surface area (Å²) >= 11 is 0. The van der Waals surface area contributed by atoms with Gasteiger partial charge in [-0.1, -0.05) is 6.07 Å². The number of fused-ring (bicyclic) bond motifs is 2. The number of anilines is 1. The van der Waals surface area contributed by atoms with E-state index in [2.05, 4.69) is 21.8 Å². The third-order valence-electron chi connectivity index (χ3n) is 5.06. The van der Waals surface area contributed by atoms with Gasteiger partial charge in [0.1, 0.15) is 5.65 Å². The number of pyridine rings is 3. The zero-order valence-corrected chi connectivity index (χ0v) is 14.6. The predicted molar refractivity (Wildman–Crippen MR) is 102 cm³/mol. The maximum Gasteiger partial charge on any atom is 0.260 e. The highest BCUT2D eigenvalue weighted by Crippen LogP contribution is 2.27. The Labute approximate surface area is 150 Å². The first-order valence-electron chi connectivity index (χ1n) is 8.85.